The summed E-state index contributed by atoms with van der Waals surface area (Å²) < 4.78 is 20.9. The number of fused-ring (bicyclic) bond motifs is 1. The monoisotopic (exact) mass is 291 g/mol. The maximum Gasteiger partial charge on any atom is 0.165 e. The van der Waals surface area contributed by atoms with Crippen LogP contribution in [0, 0.1) is 5.82 Å². The van der Waals surface area contributed by atoms with Gasteiger partial charge in [0.05, 0.1) is 13.7 Å². The zero-order valence-electron chi connectivity index (χ0n) is 11.9. The van der Waals surface area contributed by atoms with Gasteiger partial charge in [-0.05, 0) is 17.7 Å². The Morgan fingerprint density at radius 2 is 2.29 bits per heavy atom. The smallest absolute Gasteiger partial charge is 0.165 e. The van der Waals surface area contributed by atoms with Crippen LogP contribution in [0.25, 0.3) is 0 Å². The van der Waals surface area contributed by atoms with Crippen LogP contribution < -0.4 is 10.5 Å². The summed E-state index contributed by atoms with van der Waals surface area (Å²) >= 11 is 0. The normalized spacial score (nSPS) is 16.5. The third kappa shape index (κ3) is 2.62. The number of hydrogen-bond donors (Lipinski definition) is 1. The van der Waals surface area contributed by atoms with Gasteiger partial charge < -0.3 is 15.0 Å². The van der Waals surface area contributed by atoms with Crippen LogP contribution in [0.3, 0.4) is 0 Å². The van der Waals surface area contributed by atoms with Gasteiger partial charge in [0, 0.05) is 25.7 Å². The lowest BCUT2D eigenvalue weighted by molar-refractivity contribution is 0.156. The van der Waals surface area contributed by atoms with E-state index in [0.717, 1.165) is 24.5 Å². The maximum absolute atomic E-state index is 13.9. The molecular weight excluding hydrogens is 273 g/mol. The lowest BCUT2D eigenvalue weighted by atomic mass is 10.0. The summed E-state index contributed by atoms with van der Waals surface area (Å²) in [4.78, 5) is 2.20. The molecule has 3 rings (SSSR count). The number of ether oxygens (including phenoxy) is 1. The van der Waals surface area contributed by atoms with Gasteiger partial charge in [-0.25, -0.2) is 4.39 Å². The predicted octanol–water partition coefficient (Wildman–Crippen LogP) is 0.941. The van der Waals surface area contributed by atoms with E-state index in [1.165, 1.54) is 13.2 Å². The minimum atomic E-state index is -0.367. The van der Waals surface area contributed by atoms with E-state index < -0.39 is 0 Å². The van der Waals surface area contributed by atoms with Crippen molar-refractivity contribution in [3.63, 3.8) is 0 Å². The van der Waals surface area contributed by atoms with E-state index >= 15 is 0 Å². The number of methoxy groups -OCH3 is 1. The molecule has 112 valence electrons. The second kappa shape index (κ2) is 5.79. The predicted molar refractivity (Wildman–Crippen MR) is 75.2 cm³/mol. The first-order valence-corrected chi connectivity index (χ1v) is 6.87. The molecular formula is C14H18FN5O. The third-order valence-electron chi connectivity index (χ3n) is 3.89. The zero-order chi connectivity index (χ0) is 14.8. The molecule has 2 heterocycles. The Morgan fingerprint density at radius 3 is 3.00 bits per heavy atom. The number of nitrogens with two attached hydrogens (primary N) is 1. The molecule has 0 radical (unpaired) electrons. The highest BCUT2D eigenvalue weighted by molar-refractivity contribution is 5.31. The molecule has 1 aliphatic rings. The first-order chi connectivity index (χ1) is 10.2. The highest BCUT2D eigenvalue weighted by Gasteiger charge is 2.25. The molecule has 0 spiro atoms. The van der Waals surface area contributed by atoms with Gasteiger partial charge in [0.25, 0.3) is 0 Å². The molecule has 1 aromatic carbocycles. The lowest BCUT2D eigenvalue weighted by Gasteiger charge is -2.34. The molecule has 2 aromatic rings. The van der Waals surface area contributed by atoms with E-state index in [9.17, 15) is 4.39 Å². The van der Waals surface area contributed by atoms with Gasteiger partial charge >= 0.3 is 0 Å². The number of rotatable bonds is 4. The van der Waals surface area contributed by atoms with Crippen LogP contribution in [0.5, 0.6) is 5.75 Å². The van der Waals surface area contributed by atoms with Crippen LogP contribution in [0.1, 0.15) is 17.4 Å². The van der Waals surface area contributed by atoms with Crippen molar-refractivity contribution in [3.8, 4) is 5.75 Å². The molecule has 2 N–H and O–H groups in total. The van der Waals surface area contributed by atoms with Crippen LogP contribution in [0.2, 0.25) is 0 Å². The fourth-order valence-corrected chi connectivity index (χ4v) is 2.74. The number of benzene rings is 1. The molecule has 1 atom stereocenters. The summed E-state index contributed by atoms with van der Waals surface area (Å²) in [7, 11) is 1.45. The Labute approximate surface area is 122 Å². The molecule has 0 saturated carbocycles. The van der Waals surface area contributed by atoms with Crippen molar-refractivity contribution in [2.24, 2.45) is 5.73 Å². The van der Waals surface area contributed by atoms with E-state index in [1.807, 2.05) is 10.6 Å². The van der Waals surface area contributed by atoms with Crippen LogP contribution in [-0.2, 0) is 13.1 Å². The van der Waals surface area contributed by atoms with Gasteiger partial charge in [-0.2, -0.15) is 0 Å². The zero-order valence-corrected chi connectivity index (χ0v) is 11.9. The Morgan fingerprint density at radius 1 is 1.43 bits per heavy atom. The Bertz CT molecular complexity index is 630. The molecule has 0 saturated heterocycles. The summed E-state index contributed by atoms with van der Waals surface area (Å²) in [6, 6.07) is 4.95. The largest absolute Gasteiger partial charge is 0.494 e. The van der Waals surface area contributed by atoms with E-state index in [2.05, 4.69) is 15.1 Å². The summed E-state index contributed by atoms with van der Waals surface area (Å²) in [5.41, 5.74) is 6.76. The summed E-state index contributed by atoms with van der Waals surface area (Å²) in [6.45, 7) is 2.73. The molecule has 0 fully saturated rings. The van der Waals surface area contributed by atoms with Gasteiger partial charge in [0.15, 0.2) is 11.6 Å². The second-order valence-electron chi connectivity index (χ2n) is 5.06. The SMILES string of the molecule is COc1ccc(C(CN)N2CCn3cnnc3C2)cc1F. The van der Waals surface area contributed by atoms with Crippen molar-refractivity contribution in [1.82, 2.24) is 19.7 Å². The minimum absolute atomic E-state index is 0.0455. The highest BCUT2D eigenvalue weighted by Crippen LogP contribution is 2.27. The molecule has 21 heavy (non-hydrogen) atoms. The van der Waals surface area contributed by atoms with E-state index in [-0.39, 0.29) is 17.6 Å². The van der Waals surface area contributed by atoms with Gasteiger partial charge in [-0.1, -0.05) is 6.07 Å². The standard InChI is InChI=1S/C14H18FN5O/c1-21-13-3-2-10(6-11(13)15)12(7-16)19-4-5-20-9-17-18-14(20)8-19/h2-3,6,9,12H,4-5,7-8,16H2,1H3. The average molecular weight is 291 g/mol. The second-order valence-corrected chi connectivity index (χ2v) is 5.06. The van der Waals surface area contributed by atoms with Gasteiger partial charge in [-0.15, -0.1) is 10.2 Å². The highest BCUT2D eigenvalue weighted by atomic mass is 19.1. The first kappa shape index (κ1) is 14.0. The van der Waals surface area contributed by atoms with Crippen molar-refractivity contribution < 1.29 is 9.13 Å². The van der Waals surface area contributed by atoms with Gasteiger partial charge in [0.1, 0.15) is 12.2 Å². The van der Waals surface area contributed by atoms with Crippen molar-refractivity contribution >= 4 is 0 Å². The van der Waals surface area contributed by atoms with Crippen LogP contribution >= 0.6 is 0 Å². The third-order valence-corrected chi connectivity index (χ3v) is 3.89. The molecule has 7 heteroatoms. The number of aromatic nitrogens is 3. The Balaban J connectivity index is 1.84. The minimum Gasteiger partial charge on any atom is -0.494 e. The molecule has 6 nitrogen and oxygen atoms in total. The lowest BCUT2D eigenvalue weighted by Crippen LogP contribution is -2.39. The quantitative estimate of drug-likeness (QED) is 0.908. The first-order valence-electron chi connectivity index (χ1n) is 6.87. The summed E-state index contributed by atoms with van der Waals surface area (Å²) in [5, 5.41) is 8.01. The molecule has 0 amide bonds. The van der Waals surface area contributed by atoms with Gasteiger partial charge in [0.2, 0.25) is 0 Å². The Hall–Kier alpha value is -1.99. The van der Waals surface area contributed by atoms with Crippen LogP contribution in [0.15, 0.2) is 24.5 Å². The van der Waals surface area contributed by atoms with E-state index in [1.54, 1.807) is 12.4 Å². The van der Waals surface area contributed by atoms with Crippen molar-refractivity contribution in [1.29, 1.82) is 0 Å². The molecule has 1 aliphatic heterocycles. The maximum atomic E-state index is 13.9. The number of halogens is 1. The van der Waals surface area contributed by atoms with Crippen molar-refractivity contribution in [2.45, 2.75) is 19.1 Å². The van der Waals surface area contributed by atoms with Crippen LogP contribution in [0.4, 0.5) is 4.39 Å². The molecule has 1 aromatic heterocycles. The Kier molecular flexibility index (Phi) is 3.85. The molecule has 0 aliphatic carbocycles. The fourth-order valence-electron chi connectivity index (χ4n) is 2.74. The fraction of sp³-hybridized carbons (Fsp3) is 0.429. The number of nitrogens with zero attached hydrogens (tertiary/aromatic N) is 4. The topological polar surface area (TPSA) is 69.2 Å². The van der Waals surface area contributed by atoms with E-state index in [4.69, 9.17) is 10.5 Å². The molecule has 0 bridgehead atoms. The number of hydrogen-bond acceptors (Lipinski definition) is 5. The summed E-state index contributed by atoms with van der Waals surface area (Å²) in [5.74, 6) is 0.787. The summed E-state index contributed by atoms with van der Waals surface area (Å²) in [6.07, 6.45) is 1.73. The van der Waals surface area contributed by atoms with Crippen molar-refractivity contribution in [2.75, 3.05) is 20.2 Å². The molecule has 1 unspecified atom stereocenters. The van der Waals surface area contributed by atoms with Gasteiger partial charge in [-0.3, -0.25) is 4.90 Å². The van der Waals surface area contributed by atoms with E-state index in [0.29, 0.717) is 13.1 Å². The van der Waals surface area contributed by atoms with Crippen molar-refractivity contribution in [3.05, 3.63) is 41.7 Å². The average Bonchev–Trinajstić information content (AvgIpc) is 2.96. The van der Waals surface area contributed by atoms with Crippen LogP contribution in [-0.4, -0.2) is 39.9 Å².